The van der Waals surface area contributed by atoms with Gasteiger partial charge in [0.1, 0.15) is 0 Å². The summed E-state index contributed by atoms with van der Waals surface area (Å²) in [6, 6.07) is 22.7. The summed E-state index contributed by atoms with van der Waals surface area (Å²) in [5, 5.41) is 16.0. The Morgan fingerprint density at radius 3 is 2.46 bits per heavy atom. The van der Waals surface area contributed by atoms with Gasteiger partial charge in [-0.1, -0.05) is 70.0 Å². The Morgan fingerprint density at radius 1 is 1.03 bits per heavy atom. The van der Waals surface area contributed by atoms with Crippen molar-refractivity contribution < 1.29 is 14.7 Å². The number of hydrogen-bond acceptors (Lipinski definition) is 4. The number of hydrogen-bond donors (Lipinski definition) is 2. The number of aromatic amines is 1. The fraction of sp³-hybridized carbons (Fsp3) is 0.172. The van der Waals surface area contributed by atoms with Crippen LogP contribution in [0.4, 0.5) is 0 Å². The van der Waals surface area contributed by atoms with E-state index in [1.165, 1.54) is 5.01 Å². The molecule has 2 heterocycles. The van der Waals surface area contributed by atoms with Crippen LogP contribution in [0.1, 0.15) is 42.0 Å². The van der Waals surface area contributed by atoms with Gasteiger partial charge in [0.15, 0.2) is 0 Å². The highest BCUT2D eigenvalue weighted by Gasteiger charge is 2.35. The number of amides is 1. The van der Waals surface area contributed by atoms with Crippen molar-refractivity contribution in [3.05, 3.63) is 104 Å². The number of carbonyl (C=O) groups excluding carboxylic acids is 1. The average Bonchev–Trinajstić information content (AvgIpc) is 3.32. The highest BCUT2D eigenvalue weighted by atomic mass is 79.9. The van der Waals surface area contributed by atoms with Crippen molar-refractivity contribution in [3.8, 4) is 11.1 Å². The maximum absolute atomic E-state index is 13.6. The van der Waals surface area contributed by atoms with Crippen LogP contribution in [0.15, 0.2) is 87.2 Å². The molecule has 0 fully saturated rings. The lowest BCUT2D eigenvalue weighted by atomic mass is 9.90. The normalized spacial score (nSPS) is 15.1. The van der Waals surface area contributed by atoms with E-state index in [4.69, 9.17) is 5.11 Å². The molecule has 4 aromatic rings. The summed E-state index contributed by atoms with van der Waals surface area (Å²) in [5.74, 6) is -1.45. The number of aromatic nitrogens is 1. The van der Waals surface area contributed by atoms with Crippen LogP contribution in [-0.2, 0) is 9.59 Å². The maximum Gasteiger partial charge on any atom is 0.303 e. The van der Waals surface area contributed by atoms with Crippen LogP contribution < -0.4 is 5.56 Å². The number of hydrazone groups is 1. The van der Waals surface area contributed by atoms with Gasteiger partial charge in [-0.15, -0.1) is 0 Å². The number of aliphatic carboxylic acids is 1. The standard InChI is InChI=1S/C29H24BrN3O4/c1-17-7-12-22-21(15-17)27(19-5-3-2-4-6-19)28(29(37)31-22)23-16-24(18-8-10-20(30)11-9-18)33(32-23)25(34)13-14-26(35)36/h2-12,15,24H,13-14,16H2,1H3,(H,31,37)(H,35,36)/t24-/m0/s1. The van der Waals surface area contributed by atoms with E-state index in [2.05, 4.69) is 26.0 Å². The van der Waals surface area contributed by atoms with Gasteiger partial charge >= 0.3 is 5.97 Å². The van der Waals surface area contributed by atoms with Crippen molar-refractivity contribution in [1.82, 2.24) is 9.99 Å². The number of nitrogens with one attached hydrogen (secondary N) is 1. The Kier molecular flexibility index (Phi) is 6.76. The molecule has 2 N–H and O–H groups in total. The Labute approximate surface area is 221 Å². The number of rotatable bonds is 6. The van der Waals surface area contributed by atoms with Crippen LogP contribution in [0.5, 0.6) is 0 Å². The van der Waals surface area contributed by atoms with Crippen LogP contribution in [0.25, 0.3) is 22.0 Å². The van der Waals surface area contributed by atoms with Crippen molar-refractivity contribution >= 4 is 44.4 Å². The topological polar surface area (TPSA) is 103 Å². The SMILES string of the molecule is Cc1ccc2[nH]c(=O)c(C3=NN(C(=O)CCC(=O)O)[C@H](c4ccc(Br)cc4)C3)c(-c3ccccc3)c2c1. The molecule has 0 unspecified atom stereocenters. The van der Waals surface area contributed by atoms with Gasteiger partial charge in [-0.2, -0.15) is 5.10 Å². The quantitative estimate of drug-likeness (QED) is 0.312. The third-order valence-corrected chi connectivity index (χ3v) is 7.02. The second kappa shape index (κ2) is 10.1. The van der Waals surface area contributed by atoms with Gasteiger partial charge in [-0.05, 0) is 42.3 Å². The van der Waals surface area contributed by atoms with E-state index in [0.29, 0.717) is 17.7 Å². The van der Waals surface area contributed by atoms with E-state index in [-0.39, 0.29) is 18.4 Å². The first-order valence-electron chi connectivity index (χ1n) is 11.9. The first kappa shape index (κ1) is 24.6. The monoisotopic (exact) mass is 557 g/mol. The Bertz CT molecular complexity index is 1590. The molecule has 0 bridgehead atoms. The largest absolute Gasteiger partial charge is 0.481 e. The van der Waals surface area contributed by atoms with E-state index < -0.39 is 17.9 Å². The molecule has 1 atom stereocenters. The molecule has 5 rings (SSSR count). The fourth-order valence-electron chi connectivity index (χ4n) is 4.75. The molecule has 1 aliphatic heterocycles. The Hall–Kier alpha value is -4.04. The lowest BCUT2D eigenvalue weighted by Crippen LogP contribution is -2.27. The van der Waals surface area contributed by atoms with Gasteiger partial charge in [-0.3, -0.25) is 14.4 Å². The number of H-pyrrole nitrogens is 1. The van der Waals surface area contributed by atoms with Crippen LogP contribution in [-0.4, -0.2) is 32.7 Å². The zero-order chi connectivity index (χ0) is 26.1. The maximum atomic E-state index is 13.6. The molecule has 186 valence electrons. The molecule has 0 aliphatic carbocycles. The molecule has 1 aromatic heterocycles. The molecule has 1 aliphatic rings. The molecule has 1 amide bonds. The summed E-state index contributed by atoms with van der Waals surface area (Å²) in [4.78, 5) is 40.8. The number of fused-ring (bicyclic) bond motifs is 1. The number of carboxylic acids is 1. The minimum Gasteiger partial charge on any atom is -0.481 e. The lowest BCUT2D eigenvalue weighted by molar-refractivity contribution is -0.141. The number of benzene rings is 3. The highest BCUT2D eigenvalue weighted by molar-refractivity contribution is 9.10. The van der Waals surface area contributed by atoms with E-state index in [1.807, 2.05) is 79.7 Å². The summed E-state index contributed by atoms with van der Waals surface area (Å²) in [5.41, 5.74) is 4.86. The number of nitrogens with zero attached hydrogens (tertiary/aromatic N) is 2. The van der Waals surface area contributed by atoms with Crippen LogP contribution in [0, 0.1) is 6.92 Å². The smallest absolute Gasteiger partial charge is 0.303 e. The van der Waals surface area contributed by atoms with Crippen molar-refractivity contribution in [1.29, 1.82) is 0 Å². The second-order valence-electron chi connectivity index (χ2n) is 9.07. The molecule has 7 nitrogen and oxygen atoms in total. The second-order valence-corrected chi connectivity index (χ2v) is 9.99. The molecule has 37 heavy (non-hydrogen) atoms. The number of pyridine rings is 1. The number of carbonyl (C=O) groups is 2. The van der Waals surface area contributed by atoms with E-state index >= 15 is 0 Å². The first-order chi connectivity index (χ1) is 17.8. The summed E-state index contributed by atoms with van der Waals surface area (Å²) in [6.07, 6.45) is -0.156. The van der Waals surface area contributed by atoms with E-state index in [9.17, 15) is 14.4 Å². The van der Waals surface area contributed by atoms with Gasteiger partial charge in [0.2, 0.25) is 5.91 Å². The third kappa shape index (κ3) is 4.97. The van der Waals surface area contributed by atoms with Crippen molar-refractivity contribution in [2.24, 2.45) is 5.10 Å². The molecule has 3 aromatic carbocycles. The van der Waals surface area contributed by atoms with Crippen molar-refractivity contribution in [2.75, 3.05) is 0 Å². The molecule has 0 saturated heterocycles. The number of aryl methyl sites for hydroxylation is 1. The minimum absolute atomic E-state index is 0.183. The molecule has 8 heteroatoms. The molecule has 0 saturated carbocycles. The van der Waals surface area contributed by atoms with Crippen LogP contribution in [0.3, 0.4) is 0 Å². The summed E-state index contributed by atoms with van der Waals surface area (Å²) >= 11 is 3.44. The highest BCUT2D eigenvalue weighted by Crippen LogP contribution is 2.37. The number of halogens is 1. The third-order valence-electron chi connectivity index (χ3n) is 6.49. The predicted molar refractivity (Wildman–Crippen MR) is 146 cm³/mol. The zero-order valence-electron chi connectivity index (χ0n) is 20.1. The predicted octanol–water partition coefficient (Wildman–Crippen LogP) is 5.81. The summed E-state index contributed by atoms with van der Waals surface area (Å²) in [7, 11) is 0. The van der Waals surface area contributed by atoms with E-state index in [0.717, 1.165) is 37.6 Å². The minimum atomic E-state index is -1.05. The molecule has 0 radical (unpaired) electrons. The van der Waals surface area contributed by atoms with Gasteiger partial charge in [-0.25, -0.2) is 5.01 Å². The average molecular weight is 558 g/mol. The Morgan fingerprint density at radius 2 is 1.76 bits per heavy atom. The molecular formula is C29H24BrN3O4. The zero-order valence-corrected chi connectivity index (χ0v) is 21.7. The summed E-state index contributed by atoms with van der Waals surface area (Å²) in [6.45, 7) is 2.00. The van der Waals surface area contributed by atoms with Crippen molar-refractivity contribution in [3.63, 3.8) is 0 Å². The van der Waals surface area contributed by atoms with E-state index in [1.54, 1.807) is 0 Å². The van der Waals surface area contributed by atoms with Crippen LogP contribution >= 0.6 is 15.9 Å². The fourth-order valence-corrected chi connectivity index (χ4v) is 5.02. The Balaban J connectivity index is 1.69. The number of carboxylic acid groups (broad SMARTS) is 1. The molecule has 0 spiro atoms. The van der Waals surface area contributed by atoms with Gasteiger partial charge in [0.25, 0.3) is 5.56 Å². The first-order valence-corrected chi connectivity index (χ1v) is 12.7. The molecular weight excluding hydrogens is 534 g/mol. The van der Waals surface area contributed by atoms with Gasteiger partial charge in [0, 0.05) is 33.8 Å². The van der Waals surface area contributed by atoms with Crippen LogP contribution in [0.2, 0.25) is 0 Å². The lowest BCUT2D eigenvalue weighted by Gasteiger charge is -2.22. The van der Waals surface area contributed by atoms with Gasteiger partial charge < -0.3 is 10.1 Å². The summed E-state index contributed by atoms with van der Waals surface area (Å²) < 4.78 is 0.895. The van der Waals surface area contributed by atoms with Gasteiger partial charge in [0.05, 0.1) is 23.7 Å². The van der Waals surface area contributed by atoms with Crippen molar-refractivity contribution in [2.45, 2.75) is 32.2 Å².